The normalized spacial score (nSPS) is 10.4. The molecule has 0 saturated heterocycles. The van der Waals surface area contributed by atoms with Crippen LogP contribution in [0.25, 0.3) is 10.9 Å². The quantitative estimate of drug-likeness (QED) is 0.699. The van der Waals surface area contributed by atoms with Gasteiger partial charge in [-0.15, -0.1) is 0 Å². The van der Waals surface area contributed by atoms with Crippen LogP contribution in [0.15, 0.2) is 24.4 Å². The maximum Gasteiger partial charge on any atom is 0.340 e. The smallest absolute Gasteiger partial charge is 0.340 e. The maximum atomic E-state index is 11.3. The number of aromatic nitrogens is 1. The summed E-state index contributed by atoms with van der Waals surface area (Å²) in [5.74, 6) is -0.305. The van der Waals surface area contributed by atoms with Gasteiger partial charge in [-0.25, -0.2) is 4.79 Å². The van der Waals surface area contributed by atoms with Crippen molar-refractivity contribution in [1.82, 2.24) is 4.98 Å². The molecule has 3 nitrogen and oxygen atoms in total. The van der Waals surface area contributed by atoms with Crippen LogP contribution in [0.4, 0.5) is 0 Å². The summed E-state index contributed by atoms with van der Waals surface area (Å²) < 4.78 is 4.67. The number of nitrogens with one attached hydrogen (secondary N) is 1. The lowest BCUT2D eigenvalue weighted by atomic mass is 10.1. The van der Waals surface area contributed by atoms with Gasteiger partial charge in [-0.3, -0.25) is 0 Å². The molecule has 0 aliphatic heterocycles. The third kappa shape index (κ3) is 1.27. The summed E-state index contributed by atoms with van der Waals surface area (Å²) in [7, 11) is 1.38. The van der Waals surface area contributed by atoms with Crippen molar-refractivity contribution in [2.45, 2.75) is 6.92 Å². The molecule has 0 saturated carbocycles. The van der Waals surface area contributed by atoms with Crippen LogP contribution in [0.2, 0.25) is 0 Å². The summed E-state index contributed by atoms with van der Waals surface area (Å²) in [6.07, 6.45) is 1.68. The van der Waals surface area contributed by atoms with E-state index >= 15 is 0 Å². The number of aromatic amines is 1. The van der Waals surface area contributed by atoms with Gasteiger partial charge in [0.05, 0.1) is 12.7 Å². The Balaban J connectivity index is 2.64. The summed E-state index contributed by atoms with van der Waals surface area (Å²) in [5.41, 5.74) is 2.71. The Morgan fingerprint density at radius 2 is 2.21 bits per heavy atom. The van der Waals surface area contributed by atoms with Crippen LogP contribution in [0.3, 0.4) is 0 Å². The Kier molecular flexibility index (Phi) is 2.00. The molecule has 1 N–H and O–H groups in total. The molecule has 1 aromatic heterocycles. The third-order valence-corrected chi connectivity index (χ3v) is 2.24. The lowest BCUT2D eigenvalue weighted by Crippen LogP contribution is -1.99. The maximum absolute atomic E-state index is 11.3. The zero-order valence-corrected chi connectivity index (χ0v) is 8.13. The minimum atomic E-state index is -0.305. The monoisotopic (exact) mass is 189 g/mol. The van der Waals surface area contributed by atoms with E-state index in [-0.39, 0.29) is 5.97 Å². The summed E-state index contributed by atoms with van der Waals surface area (Å²) in [6.45, 7) is 2.01. The number of benzene rings is 1. The van der Waals surface area contributed by atoms with E-state index in [0.717, 1.165) is 16.5 Å². The summed E-state index contributed by atoms with van der Waals surface area (Å²) in [4.78, 5) is 14.4. The molecule has 14 heavy (non-hydrogen) atoms. The molecule has 0 aliphatic carbocycles. The summed E-state index contributed by atoms with van der Waals surface area (Å²) in [5, 5.41) is 0.905. The van der Waals surface area contributed by atoms with Crippen molar-refractivity contribution in [3.05, 3.63) is 35.5 Å². The first-order valence-electron chi connectivity index (χ1n) is 4.38. The number of fused-ring (bicyclic) bond motifs is 1. The van der Waals surface area contributed by atoms with Crippen LogP contribution in [0.1, 0.15) is 15.9 Å². The number of ether oxygens (including phenoxy) is 1. The number of carbonyl (C=O) groups excluding carboxylic acids is 1. The molecule has 72 valence electrons. The Bertz CT molecular complexity index is 485. The average Bonchev–Trinajstić information content (AvgIpc) is 2.59. The first kappa shape index (κ1) is 8.81. The Hall–Kier alpha value is -1.77. The molecule has 3 heteroatoms. The van der Waals surface area contributed by atoms with Crippen molar-refractivity contribution in [2.75, 3.05) is 7.11 Å². The standard InChI is InChI=1S/C11H11NO2/c1-7-3-4-8-9(11(13)14-2)6-12-10(8)5-7/h3-6,12H,1-2H3. The van der Waals surface area contributed by atoms with Crippen LogP contribution in [-0.2, 0) is 4.74 Å². The molecular formula is C11H11NO2. The van der Waals surface area contributed by atoms with Crippen LogP contribution < -0.4 is 0 Å². The van der Waals surface area contributed by atoms with Gasteiger partial charge < -0.3 is 9.72 Å². The molecule has 1 heterocycles. The van der Waals surface area contributed by atoms with Gasteiger partial charge in [-0.1, -0.05) is 12.1 Å². The van der Waals surface area contributed by atoms with E-state index in [1.807, 2.05) is 25.1 Å². The summed E-state index contributed by atoms with van der Waals surface area (Å²) >= 11 is 0. The van der Waals surface area contributed by atoms with Crippen molar-refractivity contribution < 1.29 is 9.53 Å². The molecule has 0 fully saturated rings. The van der Waals surface area contributed by atoms with Gasteiger partial charge in [0.2, 0.25) is 0 Å². The molecule has 2 rings (SSSR count). The fourth-order valence-electron chi connectivity index (χ4n) is 1.52. The molecule has 0 bridgehead atoms. The molecule has 0 amide bonds. The van der Waals surface area contributed by atoms with Crippen molar-refractivity contribution in [3.63, 3.8) is 0 Å². The van der Waals surface area contributed by atoms with E-state index in [2.05, 4.69) is 9.72 Å². The second-order valence-electron chi connectivity index (χ2n) is 3.24. The van der Waals surface area contributed by atoms with E-state index in [4.69, 9.17) is 0 Å². The number of carbonyl (C=O) groups is 1. The zero-order chi connectivity index (χ0) is 10.1. The van der Waals surface area contributed by atoms with Gasteiger partial charge in [-0.05, 0) is 18.6 Å². The molecule has 0 aliphatic rings. The molecule has 0 spiro atoms. The first-order chi connectivity index (χ1) is 6.72. The predicted octanol–water partition coefficient (Wildman–Crippen LogP) is 2.26. The van der Waals surface area contributed by atoms with Gasteiger partial charge in [0.15, 0.2) is 0 Å². The highest BCUT2D eigenvalue weighted by Crippen LogP contribution is 2.19. The van der Waals surface area contributed by atoms with Crippen LogP contribution in [-0.4, -0.2) is 18.1 Å². The van der Waals surface area contributed by atoms with E-state index in [0.29, 0.717) is 5.56 Å². The minimum Gasteiger partial charge on any atom is -0.465 e. The molecule has 0 unspecified atom stereocenters. The second kappa shape index (κ2) is 3.18. The highest BCUT2D eigenvalue weighted by atomic mass is 16.5. The number of aryl methyl sites for hydroxylation is 1. The van der Waals surface area contributed by atoms with E-state index in [1.54, 1.807) is 6.20 Å². The minimum absolute atomic E-state index is 0.305. The van der Waals surface area contributed by atoms with Crippen molar-refractivity contribution in [3.8, 4) is 0 Å². The van der Waals surface area contributed by atoms with E-state index < -0.39 is 0 Å². The van der Waals surface area contributed by atoms with Gasteiger partial charge >= 0.3 is 5.97 Å². The van der Waals surface area contributed by atoms with Crippen LogP contribution in [0, 0.1) is 6.92 Å². The highest BCUT2D eigenvalue weighted by molar-refractivity contribution is 6.04. The van der Waals surface area contributed by atoms with E-state index in [9.17, 15) is 4.79 Å². The topological polar surface area (TPSA) is 42.1 Å². The van der Waals surface area contributed by atoms with Crippen molar-refractivity contribution in [2.24, 2.45) is 0 Å². The molecule has 0 atom stereocenters. The number of methoxy groups -OCH3 is 1. The highest BCUT2D eigenvalue weighted by Gasteiger charge is 2.11. The van der Waals surface area contributed by atoms with Gasteiger partial charge in [0.25, 0.3) is 0 Å². The Morgan fingerprint density at radius 3 is 2.93 bits per heavy atom. The summed E-state index contributed by atoms with van der Waals surface area (Å²) in [6, 6.07) is 5.90. The molecule has 0 radical (unpaired) electrons. The second-order valence-corrected chi connectivity index (χ2v) is 3.24. The molecular weight excluding hydrogens is 178 g/mol. The largest absolute Gasteiger partial charge is 0.465 e. The lowest BCUT2D eigenvalue weighted by Gasteiger charge is -1.96. The van der Waals surface area contributed by atoms with Crippen LogP contribution in [0.5, 0.6) is 0 Å². The number of H-pyrrole nitrogens is 1. The van der Waals surface area contributed by atoms with Gasteiger partial charge in [-0.2, -0.15) is 0 Å². The SMILES string of the molecule is COC(=O)c1c[nH]c2cc(C)ccc12. The van der Waals surface area contributed by atoms with E-state index in [1.165, 1.54) is 7.11 Å². The average molecular weight is 189 g/mol. The van der Waals surface area contributed by atoms with Crippen LogP contribution >= 0.6 is 0 Å². The zero-order valence-electron chi connectivity index (χ0n) is 8.13. The fourth-order valence-corrected chi connectivity index (χ4v) is 1.52. The number of esters is 1. The number of hydrogen-bond acceptors (Lipinski definition) is 2. The van der Waals surface area contributed by atoms with Crippen molar-refractivity contribution in [1.29, 1.82) is 0 Å². The Labute approximate surface area is 81.7 Å². The fraction of sp³-hybridized carbons (Fsp3) is 0.182. The Morgan fingerprint density at radius 1 is 1.43 bits per heavy atom. The lowest BCUT2D eigenvalue weighted by molar-refractivity contribution is 0.0603. The van der Waals surface area contributed by atoms with Gasteiger partial charge in [0.1, 0.15) is 0 Å². The molecule has 1 aromatic carbocycles. The first-order valence-corrected chi connectivity index (χ1v) is 4.38. The molecule has 2 aromatic rings. The third-order valence-electron chi connectivity index (χ3n) is 2.24. The van der Waals surface area contributed by atoms with Gasteiger partial charge in [0, 0.05) is 17.1 Å². The number of rotatable bonds is 1. The predicted molar refractivity (Wildman–Crippen MR) is 54.4 cm³/mol. The number of hydrogen-bond donors (Lipinski definition) is 1. The van der Waals surface area contributed by atoms with Crippen molar-refractivity contribution >= 4 is 16.9 Å².